The minimum atomic E-state index is 0.151. The Bertz CT molecular complexity index is 983. The number of ketones is 1. The van der Waals surface area contributed by atoms with Crippen molar-refractivity contribution < 1.29 is 9.53 Å². The van der Waals surface area contributed by atoms with Crippen LogP contribution in [0.15, 0.2) is 36.4 Å². The Morgan fingerprint density at radius 2 is 1.84 bits per heavy atom. The van der Waals surface area contributed by atoms with E-state index in [4.69, 9.17) is 4.74 Å². The lowest BCUT2D eigenvalue weighted by molar-refractivity contribution is -0.113. The van der Waals surface area contributed by atoms with Gasteiger partial charge in [0.05, 0.1) is 7.11 Å². The predicted octanol–water partition coefficient (Wildman–Crippen LogP) is 5.83. The zero-order valence-corrected chi connectivity index (χ0v) is 20.7. The topological polar surface area (TPSA) is 41.6 Å². The third-order valence-electron chi connectivity index (χ3n) is 6.26. The van der Waals surface area contributed by atoms with Crippen molar-refractivity contribution in [1.82, 2.24) is 5.32 Å². The van der Waals surface area contributed by atoms with Crippen LogP contribution in [0.2, 0.25) is 0 Å². The number of aryl methyl sites for hydroxylation is 1. The fraction of sp³-hybridized carbons (Fsp3) is 0.464. The maximum Gasteiger partial charge on any atom is 0.163 e. The molecule has 1 aliphatic rings. The second-order valence-corrected chi connectivity index (χ2v) is 9.36. The molecule has 0 radical (unpaired) electrons. The average Bonchev–Trinajstić information content (AvgIpc) is 2.76. The van der Waals surface area contributed by atoms with Crippen LogP contribution < -0.4 is 15.0 Å². The molecule has 4 heteroatoms. The normalized spacial score (nSPS) is 19.4. The molecule has 0 saturated carbocycles. The molecule has 4 nitrogen and oxygen atoms in total. The fourth-order valence-corrected chi connectivity index (χ4v) is 4.58. The number of allylic oxidation sites excluding steroid dienone is 1. The van der Waals surface area contributed by atoms with Crippen LogP contribution in [0.1, 0.15) is 69.2 Å². The molecular formula is C28H38N2O2. The summed E-state index contributed by atoms with van der Waals surface area (Å²) in [6.07, 6.45) is 2.53. The minimum Gasteiger partial charge on any atom is -0.496 e. The Morgan fingerprint density at radius 3 is 2.41 bits per heavy atom. The molecule has 0 bridgehead atoms. The van der Waals surface area contributed by atoms with Gasteiger partial charge < -0.3 is 15.0 Å². The summed E-state index contributed by atoms with van der Waals surface area (Å²) >= 11 is 0. The molecule has 0 aromatic heterocycles. The molecule has 1 aliphatic heterocycles. The Morgan fingerprint density at radius 1 is 1.16 bits per heavy atom. The Labute approximate surface area is 193 Å². The first-order chi connectivity index (χ1) is 15.2. The lowest BCUT2D eigenvalue weighted by atomic mass is 9.92. The highest BCUT2D eigenvalue weighted by Gasteiger charge is 2.21. The number of piperazine rings is 1. The SMILES string of the molecule is CCC(=O)/C(=C\c1ccc(N2C[C@@H](C)N[C@@H](C)C2)cc1C)c1ccc(OC)c(C(C)C)c1. The van der Waals surface area contributed by atoms with Crippen molar-refractivity contribution in [3.05, 3.63) is 58.7 Å². The van der Waals surface area contributed by atoms with E-state index >= 15 is 0 Å². The van der Waals surface area contributed by atoms with Crippen LogP contribution in [-0.4, -0.2) is 38.1 Å². The first kappa shape index (κ1) is 24.1. The van der Waals surface area contributed by atoms with Crippen molar-refractivity contribution in [3.63, 3.8) is 0 Å². The van der Waals surface area contributed by atoms with Gasteiger partial charge in [-0.25, -0.2) is 0 Å². The van der Waals surface area contributed by atoms with Crippen LogP contribution in [0.25, 0.3) is 11.6 Å². The van der Waals surface area contributed by atoms with E-state index in [9.17, 15) is 4.79 Å². The molecule has 2 aromatic carbocycles. The summed E-state index contributed by atoms with van der Waals surface area (Å²) in [6.45, 7) is 14.8. The maximum absolute atomic E-state index is 12.9. The van der Waals surface area contributed by atoms with E-state index in [0.29, 0.717) is 24.4 Å². The average molecular weight is 435 g/mol. The Hall–Kier alpha value is -2.59. The predicted molar refractivity (Wildman–Crippen MR) is 136 cm³/mol. The van der Waals surface area contributed by atoms with E-state index in [1.54, 1.807) is 7.11 Å². The van der Waals surface area contributed by atoms with Crippen molar-refractivity contribution in [2.24, 2.45) is 0 Å². The molecule has 1 saturated heterocycles. The Balaban J connectivity index is 1.99. The van der Waals surface area contributed by atoms with E-state index in [2.05, 4.69) is 75.2 Å². The number of nitrogens with one attached hydrogen (secondary N) is 1. The summed E-state index contributed by atoms with van der Waals surface area (Å²) in [5.74, 6) is 1.33. The zero-order valence-electron chi connectivity index (χ0n) is 20.7. The fourth-order valence-electron chi connectivity index (χ4n) is 4.58. The number of Topliss-reactive ketones (excluding diaryl/α,β-unsaturated/α-hetero) is 1. The van der Waals surface area contributed by atoms with Gasteiger partial charge in [0.25, 0.3) is 0 Å². The van der Waals surface area contributed by atoms with Crippen molar-refractivity contribution in [2.45, 2.75) is 66.0 Å². The third kappa shape index (κ3) is 5.42. The summed E-state index contributed by atoms with van der Waals surface area (Å²) in [7, 11) is 1.69. The van der Waals surface area contributed by atoms with Gasteiger partial charge in [-0.1, -0.05) is 32.9 Å². The molecule has 0 amide bonds. The molecule has 32 heavy (non-hydrogen) atoms. The van der Waals surface area contributed by atoms with Crippen molar-refractivity contribution in [2.75, 3.05) is 25.1 Å². The van der Waals surface area contributed by atoms with E-state index in [-0.39, 0.29) is 5.78 Å². The highest BCUT2D eigenvalue weighted by molar-refractivity contribution is 6.25. The first-order valence-corrected chi connectivity index (χ1v) is 11.8. The molecule has 1 fully saturated rings. The van der Waals surface area contributed by atoms with Gasteiger partial charge >= 0.3 is 0 Å². The van der Waals surface area contributed by atoms with Crippen molar-refractivity contribution in [3.8, 4) is 5.75 Å². The van der Waals surface area contributed by atoms with Crippen LogP contribution in [0.3, 0.4) is 0 Å². The Kier molecular flexibility index (Phi) is 7.78. The standard InChI is InChI=1S/C28H38N2O2/c1-8-27(31)26(23-10-12-28(32-7)25(15-23)18(2)3)14-22-9-11-24(13-19(22)4)30-16-20(5)29-21(6)17-30/h9-15,18,20-21,29H,8,16-17H2,1-7H3/b26-14-/t20-,21+. The van der Waals surface area contributed by atoms with E-state index < -0.39 is 0 Å². The molecule has 0 unspecified atom stereocenters. The van der Waals surface area contributed by atoms with Gasteiger partial charge in [0.1, 0.15) is 5.75 Å². The number of hydrogen-bond donors (Lipinski definition) is 1. The van der Waals surface area contributed by atoms with Crippen molar-refractivity contribution >= 4 is 23.1 Å². The second kappa shape index (κ2) is 10.4. The van der Waals surface area contributed by atoms with Gasteiger partial charge in [-0.3, -0.25) is 4.79 Å². The summed E-state index contributed by atoms with van der Waals surface area (Å²) < 4.78 is 5.54. The van der Waals surface area contributed by atoms with Gasteiger partial charge in [0.2, 0.25) is 0 Å². The minimum absolute atomic E-state index is 0.151. The van der Waals surface area contributed by atoms with E-state index in [1.807, 2.05) is 19.1 Å². The highest BCUT2D eigenvalue weighted by Crippen LogP contribution is 2.32. The molecular weight excluding hydrogens is 396 g/mol. The lowest BCUT2D eigenvalue weighted by Crippen LogP contribution is -2.54. The van der Waals surface area contributed by atoms with Crippen LogP contribution >= 0.6 is 0 Å². The summed E-state index contributed by atoms with van der Waals surface area (Å²) in [6, 6.07) is 13.6. The molecule has 2 atom stereocenters. The third-order valence-corrected chi connectivity index (χ3v) is 6.26. The van der Waals surface area contributed by atoms with Gasteiger partial charge in [-0.05, 0) is 79.3 Å². The number of carbonyl (C=O) groups excluding carboxylic acids is 1. The van der Waals surface area contributed by atoms with Gasteiger partial charge in [-0.2, -0.15) is 0 Å². The highest BCUT2D eigenvalue weighted by atomic mass is 16.5. The second-order valence-electron chi connectivity index (χ2n) is 9.36. The van der Waals surface area contributed by atoms with Crippen molar-refractivity contribution in [1.29, 1.82) is 0 Å². The molecule has 0 aliphatic carbocycles. The van der Waals surface area contributed by atoms with E-state index in [0.717, 1.165) is 41.1 Å². The van der Waals surface area contributed by atoms with Crippen LogP contribution in [0, 0.1) is 6.92 Å². The number of benzene rings is 2. The van der Waals surface area contributed by atoms with Gasteiger partial charge in [0.15, 0.2) is 5.78 Å². The molecule has 0 spiro atoms. The van der Waals surface area contributed by atoms with E-state index in [1.165, 1.54) is 11.3 Å². The van der Waals surface area contributed by atoms with Crippen LogP contribution in [0.5, 0.6) is 5.75 Å². The summed E-state index contributed by atoms with van der Waals surface area (Å²) in [5, 5.41) is 3.59. The number of carbonyl (C=O) groups is 1. The zero-order chi connectivity index (χ0) is 23.4. The molecule has 1 N–H and O–H groups in total. The molecule has 2 aromatic rings. The number of anilines is 1. The maximum atomic E-state index is 12.9. The van der Waals surface area contributed by atoms with Gasteiger partial charge in [0, 0.05) is 42.9 Å². The summed E-state index contributed by atoms with van der Waals surface area (Å²) in [5.41, 5.74) is 6.35. The largest absolute Gasteiger partial charge is 0.496 e. The smallest absolute Gasteiger partial charge is 0.163 e. The molecule has 172 valence electrons. The number of ether oxygens (including phenoxy) is 1. The monoisotopic (exact) mass is 434 g/mol. The molecule has 3 rings (SSSR count). The van der Waals surface area contributed by atoms with Crippen LogP contribution in [0.4, 0.5) is 5.69 Å². The quantitative estimate of drug-likeness (QED) is 0.439. The first-order valence-electron chi connectivity index (χ1n) is 11.8. The van der Waals surface area contributed by atoms with Crippen LogP contribution in [-0.2, 0) is 4.79 Å². The lowest BCUT2D eigenvalue weighted by Gasteiger charge is -2.38. The molecule has 1 heterocycles. The van der Waals surface area contributed by atoms with Gasteiger partial charge in [-0.15, -0.1) is 0 Å². The number of methoxy groups -OCH3 is 1. The number of nitrogens with zero attached hydrogens (tertiary/aromatic N) is 1. The summed E-state index contributed by atoms with van der Waals surface area (Å²) in [4.78, 5) is 15.4. The number of rotatable bonds is 7. The number of hydrogen-bond acceptors (Lipinski definition) is 4.